The fraction of sp³-hybridized carbons (Fsp3) is 0.455. The van der Waals surface area contributed by atoms with E-state index >= 15 is 0 Å². The number of nitro groups is 1. The molecule has 0 unspecified atom stereocenters. The molecular weight excluding hydrogens is 228 g/mol. The smallest absolute Gasteiger partial charge is 0.269 e. The number of non-ortho nitro benzene ring substituents is 1. The van der Waals surface area contributed by atoms with Crippen LogP contribution in [0, 0.1) is 15.5 Å². The first-order chi connectivity index (χ1) is 7.56. The fourth-order valence-corrected chi connectivity index (χ4v) is 2.03. The maximum absolute atomic E-state index is 10.7. The van der Waals surface area contributed by atoms with Gasteiger partial charge in [-0.15, -0.1) is 0 Å². The second-order valence-electron chi connectivity index (χ2n) is 4.41. The predicted molar refractivity (Wildman–Crippen MR) is 62.5 cm³/mol. The average molecular weight is 241 g/mol. The molecule has 86 valence electrons. The van der Waals surface area contributed by atoms with Crippen LogP contribution in [0.15, 0.2) is 18.2 Å². The van der Waals surface area contributed by atoms with Crippen LogP contribution < -0.4 is 5.73 Å². The number of halogens is 1. The lowest BCUT2D eigenvalue weighted by Gasteiger charge is -2.12. The predicted octanol–water partition coefficient (Wildman–Crippen LogP) is 2.53. The monoisotopic (exact) mass is 240 g/mol. The number of hydrogen-bond acceptors (Lipinski definition) is 3. The van der Waals surface area contributed by atoms with Crippen LogP contribution in [-0.4, -0.2) is 11.5 Å². The molecule has 4 nitrogen and oxygen atoms in total. The first-order valence-corrected chi connectivity index (χ1v) is 5.57. The Morgan fingerprint density at radius 1 is 1.50 bits per heavy atom. The van der Waals surface area contributed by atoms with Gasteiger partial charge in [0, 0.05) is 17.2 Å². The summed E-state index contributed by atoms with van der Waals surface area (Å²) in [6, 6.07) is 4.56. The lowest BCUT2D eigenvalue weighted by atomic mass is 9.96. The molecule has 0 aromatic heterocycles. The van der Waals surface area contributed by atoms with Gasteiger partial charge in [-0.3, -0.25) is 10.1 Å². The first kappa shape index (κ1) is 11.4. The summed E-state index contributed by atoms with van der Waals surface area (Å²) >= 11 is 6.03. The van der Waals surface area contributed by atoms with E-state index in [0.29, 0.717) is 11.6 Å². The molecule has 2 rings (SSSR count). The van der Waals surface area contributed by atoms with Crippen molar-refractivity contribution in [3.63, 3.8) is 0 Å². The van der Waals surface area contributed by atoms with Gasteiger partial charge in [0.05, 0.1) is 4.92 Å². The third-order valence-corrected chi connectivity index (χ3v) is 3.56. The molecule has 2 N–H and O–H groups in total. The maximum Gasteiger partial charge on any atom is 0.269 e. The van der Waals surface area contributed by atoms with Crippen molar-refractivity contribution in [3.05, 3.63) is 38.9 Å². The van der Waals surface area contributed by atoms with Crippen LogP contribution in [0.1, 0.15) is 18.4 Å². The van der Waals surface area contributed by atoms with Gasteiger partial charge in [-0.25, -0.2) is 0 Å². The van der Waals surface area contributed by atoms with Gasteiger partial charge in [0.15, 0.2) is 0 Å². The van der Waals surface area contributed by atoms with Crippen molar-refractivity contribution >= 4 is 17.3 Å². The van der Waals surface area contributed by atoms with E-state index in [9.17, 15) is 10.1 Å². The first-order valence-electron chi connectivity index (χ1n) is 5.19. The highest BCUT2D eigenvalue weighted by atomic mass is 35.5. The summed E-state index contributed by atoms with van der Waals surface area (Å²) in [6.45, 7) is 0.617. The van der Waals surface area contributed by atoms with Gasteiger partial charge in [-0.05, 0) is 42.9 Å². The molecule has 0 bridgehead atoms. The minimum Gasteiger partial charge on any atom is -0.330 e. The molecule has 0 radical (unpaired) electrons. The van der Waals surface area contributed by atoms with Gasteiger partial charge in [0.2, 0.25) is 0 Å². The molecule has 0 aliphatic heterocycles. The van der Waals surface area contributed by atoms with Gasteiger partial charge in [-0.2, -0.15) is 0 Å². The zero-order valence-electron chi connectivity index (χ0n) is 8.78. The van der Waals surface area contributed by atoms with Crippen LogP contribution in [0.3, 0.4) is 0 Å². The molecule has 16 heavy (non-hydrogen) atoms. The molecule has 0 amide bonds. The van der Waals surface area contributed by atoms with Gasteiger partial charge in [-0.1, -0.05) is 11.6 Å². The van der Waals surface area contributed by atoms with Crippen LogP contribution in [0.4, 0.5) is 5.69 Å². The minimum atomic E-state index is -0.401. The average Bonchev–Trinajstić information content (AvgIpc) is 3.02. The number of nitrogens with zero attached hydrogens (tertiary/aromatic N) is 1. The second kappa shape index (κ2) is 4.03. The Hall–Kier alpha value is -1.13. The molecule has 1 aromatic carbocycles. The number of hydrogen-bond donors (Lipinski definition) is 1. The van der Waals surface area contributed by atoms with E-state index in [4.69, 9.17) is 17.3 Å². The summed E-state index contributed by atoms with van der Waals surface area (Å²) in [5, 5.41) is 11.2. The minimum absolute atomic E-state index is 0.0900. The lowest BCUT2D eigenvalue weighted by Crippen LogP contribution is -2.18. The number of rotatable bonds is 4. The lowest BCUT2D eigenvalue weighted by molar-refractivity contribution is -0.384. The van der Waals surface area contributed by atoms with E-state index in [-0.39, 0.29) is 11.1 Å². The Morgan fingerprint density at radius 3 is 2.69 bits per heavy atom. The fourth-order valence-electron chi connectivity index (χ4n) is 1.84. The highest BCUT2D eigenvalue weighted by Gasteiger charge is 2.41. The van der Waals surface area contributed by atoms with Crippen LogP contribution >= 0.6 is 11.6 Å². The third-order valence-electron chi connectivity index (χ3n) is 3.20. The van der Waals surface area contributed by atoms with Crippen molar-refractivity contribution < 1.29 is 4.92 Å². The molecule has 1 aromatic rings. The van der Waals surface area contributed by atoms with E-state index < -0.39 is 4.92 Å². The van der Waals surface area contributed by atoms with Gasteiger partial charge >= 0.3 is 0 Å². The van der Waals surface area contributed by atoms with E-state index in [0.717, 1.165) is 24.8 Å². The largest absolute Gasteiger partial charge is 0.330 e. The normalized spacial score (nSPS) is 17.1. The molecule has 0 heterocycles. The number of nitrogens with two attached hydrogens (primary N) is 1. The molecule has 0 spiro atoms. The van der Waals surface area contributed by atoms with Crippen LogP contribution in [0.25, 0.3) is 0 Å². The van der Waals surface area contributed by atoms with E-state index in [1.165, 1.54) is 6.07 Å². The Balaban J connectivity index is 2.25. The molecule has 1 saturated carbocycles. The summed E-state index contributed by atoms with van der Waals surface area (Å²) in [6.07, 6.45) is 2.91. The van der Waals surface area contributed by atoms with E-state index in [2.05, 4.69) is 0 Å². The van der Waals surface area contributed by atoms with Crippen LogP contribution in [-0.2, 0) is 6.42 Å². The van der Waals surface area contributed by atoms with Crippen molar-refractivity contribution in [1.29, 1.82) is 0 Å². The summed E-state index contributed by atoms with van der Waals surface area (Å²) in [5.74, 6) is 0. The molecule has 5 heteroatoms. The van der Waals surface area contributed by atoms with Crippen molar-refractivity contribution in [2.45, 2.75) is 19.3 Å². The molecule has 1 aliphatic carbocycles. The van der Waals surface area contributed by atoms with Gasteiger partial charge in [0.25, 0.3) is 5.69 Å². The molecule has 1 fully saturated rings. The Bertz CT molecular complexity index is 430. The SMILES string of the molecule is NCC1(Cc2cc([N+](=O)[O-])ccc2Cl)CC1. The van der Waals surface area contributed by atoms with Crippen molar-refractivity contribution in [1.82, 2.24) is 0 Å². The van der Waals surface area contributed by atoms with Crippen molar-refractivity contribution in [2.75, 3.05) is 6.54 Å². The van der Waals surface area contributed by atoms with E-state index in [1.807, 2.05) is 0 Å². The zero-order chi connectivity index (χ0) is 11.8. The summed E-state index contributed by atoms with van der Waals surface area (Å²) in [7, 11) is 0. The summed E-state index contributed by atoms with van der Waals surface area (Å²) in [4.78, 5) is 10.3. The molecule has 0 atom stereocenters. The van der Waals surface area contributed by atoms with Crippen molar-refractivity contribution in [3.8, 4) is 0 Å². The Morgan fingerprint density at radius 2 is 2.19 bits per heavy atom. The van der Waals surface area contributed by atoms with Gasteiger partial charge in [0.1, 0.15) is 0 Å². The zero-order valence-corrected chi connectivity index (χ0v) is 9.54. The summed E-state index contributed by atoms with van der Waals surface area (Å²) < 4.78 is 0. The Kier molecular flexibility index (Phi) is 2.86. The second-order valence-corrected chi connectivity index (χ2v) is 4.82. The maximum atomic E-state index is 10.7. The molecule has 0 saturated heterocycles. The quantitative estimate of drug-likeness (QED) is 0.650. The van der Waals surface area contributed by atoms with Crippen LogP contribution in [0.2, 0.25) is 5.02 Å². The van der Waals surface area contributed by atoms with E-state index in [1.54, 1.807) is 12.1 Å². The highest BCUT2D eigenvalue weighted by Crippen LogP contribution is 2.48. The van der Waals surface area contributed by atoms with Crippen LogP contribution in [0.5, 0.6) is 0 Å². The third kappa shape index (κ3) is 2.18. The Labute approximate surface area is 98.5 Å². The standard InChI is InChI=1S/C11H13ClN2O2/c12-10-2-1-9(14(15)16)5-8(10)6-11(7-13)3-4-11/h1-2,5H,3-4,6-7,13H2. The number of benzene rings is 1. The van der Waals surface area contributed by atoms with Crippen molar-refractivity contribution in [2.24, 2.45) is 11.1 Å². The van der Waals surface area contributed by atoms with Gasteiger partial charge < -0.3 is 5.73 Å². The topological polar surface area (TPSA) is 69.2 Å². The molecule has 1 aliphatic rings. The molecular formula is C11H13ClN2O2. The number of nitro benzene ring substituents is 1. The highest BCUT2D eigenvalue weighted by molar-refractivity contribution is 6.31. The summed E-state index contributed by atoms with van der Waals surface area (Å²) in [5.41, 5.74) is 6.75.